The Balaban J connectivity index is 1.36. The molecule has 0 bridgehead atoms. The summed E-state index contributed by atoms with van der Waals surface area (Å²) in [5, 5.41) is 16.4. The van der Waals surface area contributed by atoms with Gasteiger partial charge in [0.15, 0.2) is 0 Å². The van der Waals surface area contributed by atoms with Crippen molar-refractivity contribution in [3.63, 3.8) is 0 Å². The van der Waals surface area contributed by atoms with Crippen molar-refractivity contribution in [3.8, 4) is 17.5 Å². The van der Waals surface area contributed by atoms with Gasteiger partial charge in [-0.3, -0.25) is 19.1 Å². The third-order valence-corrected chi connectivity index (χ3v) is 13.5. The van der Waals surface area contributed by atoms with Crippen molar-refractivity contribution >= 4 is 44.6 Å². The Hall–Kier alpha value is -4.67. The number of methoxy groups -OCH3 is 2. The first-order valence-corrected chi connectivity index (χ1v) is 19.8. The summed E-state index contributed by atoms with van der Waals surface area (Å²) in [7, 11) is -1.41. The van der Waals surface area contributed by atoms with Gasteiger partial charge >= 0.3 is 6.09 Å². The molecule has 1 aromatic heterocycles. The number of hydrogen-bond donors (Lipinski definition) is 4. The fourth-order valence-electron chi connectivity index (χ4n) is 7.76. The summed E-state index contributed by atoms with van der Waals surface area (Å²) >= 11 is 0. The van der Waals surface area contributed by atoms with Crippen LogP contribution in [-0.2, 0) is 24.4 Å². The number of halogens is 1. The molecular formula is C37H48FN5O10S. The predicted molar refractivity (Wildman–Crippen MR) is 194 cm³/mol. The summed E-state index contributed by atoms with van der Waals surface area (Å²) in [6.45, 7) is 2.62. The van der Waals surface area contributed by atoms with E-state index in [9.17, 15) is 37.1 Å². The molecule has 4 N–H and O–H groups in total. The minimum Gasteiger partial charge on any atom is -0.497 e. The van der Waals surface area contributed by atoms with E-state index >= 15 is 0 Å². The quantitative estimate of drug-likeness (QED) is 0.258. The van der Waals surface area contributed by atoms with Crippen LogP contribution in [0.4, 0.5) is 9.18 Å². The Morgan fingerprint density at radius 1 is 1.15 bits per heavy atom. The van der Waals surface area contributed by atoms with Gasteiger partial charge in [-0.05, 0) is 73.9 Å². The highest BCUT2D eigenvalue weighted by Gasteiger charge is 2.64. The van der Waals surface area contributed by atoms with Crippen LogP contribution in [0.15, 0.2) is 36.4 Å². The number of nitrogens with one attached hydrogen (secondary N) is 3. The SMILES string of the molecule is CC[C@@H]1C[C@H](C)CC/C=C\[C@@H]2C[C@@]2(C(=O)NS(=O)(=O)C2(CF)CC2)NC(=O)[C@@H]2C[C@@H](Oc3nc(OC)cc4cc(OC)ccc34)CN2C(=O)[C@H]1NC(=O)O. The number of hydrogen-bond acceptors (Lipinski definition) is 10. The molecule has 4 amide bonds. The number of ether oxygens (including phenoxy) is 3. The average Bonchev–Trinajstić information content (AvgIpc) is 4.05. The first-order valence-electron chi connectivity index (χ1n) is 18.3. The third kappa shape index (κ3) is 7.64. The van der Waals surface area contributed by atoms with Gasteiger partial charge in [-0.25, -0.2) is 17.6 Å². The Morgan fingerprint density at radius 3 is 2.56 bits per heavy atom. The van der Waals surface area contributed by atoms with Crippen molar-refractivity contribution < 1.29 is 51.3 Å². The largest absolute Gasteiger partial charge is 0.497 e. The lowest BCUT2D eigenvalue weighted by Gasteiger charge is -2.33. The minimum absolute atomic E-state index is 0.0669. The number of aromatic nitrogens is 1. The Kier molecular flexibility index (Phi) is 11.0. The molecule has 0 radical (unpaired) electrons. The standard InChI is InChI=1S/C37H48FN5O10S/c1-5-22-14-21(2)8-6-7-9-24-18-37(24,34(46)42-54(49,50)36(20-38)12-13-36)41-31(44)28-17-26(19-43(28)33(45)30(22)40-35(47)48)53-32-27-11-10-25(51-3)15-23(27)16-29(39-32)52-4/h7,9-11,15-16,21-22,24,26,28,30,40H,5-6,8,12-14,17-20H2,1-4H3,(H,41,44)(H,42,46)(H,47,48)/b9-7-/t21-,22-,24-,26-,28+,30+,37-/m1/s1. The van der Waals surface area contributed by atoms with Crippen LogP contribution >= 0.6 is 0 Å². The molecular weight excluding hydrogens is 725 g/mol. The summed E-state index contributed by atoms with van der Waals surface area (Å²) in [4.78, 5) is 60.7. The second kappa shape index (κ2) is 15.2. The summed E-state index contributed by atoms with van der Waals surface area (Å²) in [5.41, 5.74) is -1.68. The van der Waals surface area contributed by atoms with Crippen LogP contribution in [-0.4, -0.2) is 103 Å². The fourth-order valence-corrected chi connectivity index (χ4v) is 9.19. The summed E-state index contributed by atoms with van der Waals surface area (Å²) in [6, 6.07) is 4.53. The number of alkyl halides is 1. The highest BCUT2D eigenvalue weighted by molar-refractivity contribution is 7.91. The van der Waals surface area contributed by atoms with Crippen molar-refractivity contribution in [3.05, 3.63) is 36.4 Å². The second-order valence-corrected chi connectivity index (χ2v) is 17.1. The smallest absolute Gasteiger partial charge is 0.405 e. The number of pyridine rings is 1. The fraction of sp³-hybridized carbons (Fsp3) is 0.595. The first kappa shape index (κ1) is 39.0. The number of carboxylic acid groups (broad SMARTS) is 1. The molecule has 0 spiro atoms. The van der Waals surface area contributed by atoms with Crippen LogP contribution in [0.2, 0.25) is 0 Å². The molecule has 0 unspecified atom stereocenters. The van der Waals surface area contributed by atoms with E-state index in [1.54, 1.807) is 30.3 Å². The van der Waals surface area contributed by atoms with Gasteiger partial charge in [-0.15, -0.1) is 0 Å². The average molecular weight is 774 g/mol. The number of benzene rings is 1. The zero-order valence-electron chi connectivity index (χ0n) is 30.8. The normalized spacial score (nSPS) is 30.1. The maximum Gasteiger partial charge on any atom is 0.405 e. The lowest BCUT2D eigenvalue weighted by atomic mass is 9.85. The van der Waals surface area contributed by atoms with Crippen molar-refractivity contribution in [1.82, 2.24) is 25.2 Å². The number of carbonyl (C=O) groups excluding carboxylic acids is 3. The van der Waals surface area contributed by atoms with Crippen molar-refractivity contribution in [2.45, 2.75) is 93.7 Å². The monoisotopic (exact) mass is 773 g/mol. The zero-order valence-corrected chi connectivity index (χ0v) is 31.6. The van der Waals surface area contributed by atoms with Crippen LogP contribution in [0.25, 0.3) is 10.8 Å². The number of nitrogens with zero attached hydrogens (tertiary/aromatic N) is 2. The molecule has 3 fully saturated rings. The molecule has 17 heteroatoms. The first-order chi connectivity index (χ1) is 25.7. The minimum atomic E-state index is -4.40. The van der Waals surface area contributed by atoms with E-state index in [-0.39, 0.29) is 49.9 Å². The summed E-state index contributed by atoms with van der Waals surface area (Å²) in [6.07, 6.45) is 3.91. The molecule has 2 saturated carbocycles. The molecule has 4 aliphatic rings. The lowest BCUT2D eigenvalue weighted by Crippen LogP contribution is -2.59. The molecule has 15 nitrogen and oxygen atoms in total. The van der Waals surface area contributed by atoms with E-state index in [0.29, 0.717) is 42.2 Å². The lowest BCUT2D eigenvalue weighted by molar-refractivity contribution is -0.142. The van der Waals surface area contributed by atoms with Gasteiger partial charge in [0.1, 0.15) is 40.9 Å². The van der Waals surface area contributed by atoms with Crippen LogP contribution < -0.4 is 29.6 Å². The van der Waals surface area contributed by atoms with E-state index in [1.165, 1.54) is 19.1 Å². The Labute approximate surface area is 313 Å². The molecule has 3 heterocycles. The molecule has 2 aliphatic carbocycles. The molecule has 1 aromatic carbocycles. The number of rotatable bonds is 10. The third-order valence-electron chi connectivity index (χ3n) is 11.4. The number of allylic oxidation sites excluding steroid dienone is 1. The van der Waals surface area contributed by atoms with Crippen molar-refractivity contribution in [1.29, 1.82) is 0 Å². The molecule has 1 saturated heterocycles. The number of amides is 4. The van der Waals surface area contributed by atoms with E-state index in [4.69, 9.17) is 14.2 Å². The van der Waals surface area contributed by atoms with Crippen LogP contribution in [0.3, 0.4) is 0 Å². The molecule has 6 rings (SSSR count). The number of fused-ring (bicyclic) bond motifs is 3. The predicted octanol–water partition coefficient (Wildman–Crippen LogP) is 3.46. The van der Waals surface area contributed by atoms with Gasteiger partial charge in [-0.2, -0.15) is 4.98 Å². The maximum atomic E-state index is 14.6. The molecule has 2 aliphatic heterocycles. The molecule has 7 atom stereocenters. The summed E-state index contributed by atoms with van der Waals surface area (Å²) < 4.78 is 57.6. The van der Waals surface area contributed by atoms with Crippen LogP contribution in [0.1, 0.15) is 65.2 Å². The Morgan fingerprint density at radius 2 is 1.91 bits per heavy atom. The van der Waals surface area contributed by atoms with Crippen LogP contribution in [0, 0.1) is 17.8 Å². The van der Waals surface area contributed by atoms with Crippen LogP contribution in [0.5, 0.6) is 17.5 Å². The van der Waals surface area contributed by atoms with Crippen molar-refractivity contribution in [2.24, 2.45) is 17.8 Å². The van der Waals surface area contributed by atoms with E-state index in [0.717, 1.165) is 0 Å². The van der Waals surface area contributed by atoms with E-state index < -0.39 is 80.8 Å². The second-order valence-electron chi connectivity index (χ2n) is 15.0. The van der Waals surface area contributed by atoms with E-state index in [2.05, 4.69) is 20.3 Å². The van der Waals surface area contributed by atoms with Gasteiger partial charge in [-0.1, -0.05) is 32.4 Å². The highest BCUT2D eigenvalue weighted by Crippen LogP contribution is 2.48. The van der Waals surface area contributed by atoms with Gasteiger partial charge < -0.3 is 34.9 Å². The zero-order chi connectivity index (χ0) is 39.0. The van der Waals surface area contributed by atoms with Gasteiger partial charge in [0.2, 0.25) is 33.6 Å². The maximum absolute atomic E-state index is 14.6. The van der Waals surface area contributed by atoms with Gasteiger partial charge in [0, 0.05) is 23.8 Å². The number of carbonyl (C=O) groups is 4. The topological polar surface area (TPSA) is 203 Å². The summed E-state index contributed by atoms with van der Waals surface area (Å²) in [5.74, 6) is -2.24. The molecule has 54 heavy (non-hydrogen) atoms. The number of sulfonamides is 1. The van der Waals surface area contributed by atoms with E-state index in [1.807, 2.05) is 19.9 Å². The Bertz CT molecular complexity index is 1940. The van der Waals surface area contributed by atoms with Gasteiger partial charge in [0.25, 0.3) is 5.91 Å². The van der Waals surface area contributed by atoms with Crippen molar-refractivity contribution in [2.75, 3.05) is 27.4 Å². The van der Waals surface area contributed by atoms with Gasteiger partial charge in [0.05, 0.1) is 20.8 Å². The molecule has 294 valence electrons. The highest BCUT2D eigenvalue weighted by atomic mass is 32.2. The molecule has 2 aromatic rings.